The number of benzene rings is 1. The topological polar surface area (TPSA) is 12.0 Å². The molecule has 1 nitrogen and oxygen atoms in total. The molecule has 1 aliphatic heterocycles. The number of nitrogens with one attached hydrogen (secondary N) is 1. The minimum Gasteiger partial charge on any atom is -0.317 e. The predicted octanol–water partition coefficient (Wildman–Crippen LogP) is 4.18. The van der Waals surface area contributed by atoms with E-state index in [0.29, 0.717) is 23.9 Å². The lowest BCUT2D eigenvalue weighted by molar-refractivity contribution is 0.139. The Hall–Kier alpha value is -0.190. The van der Waals surface area contributed by atoms with Crippen molar-refractivity contribution in [2.75, 3.05) is 13.1 Å². The maximum Gasteiger partial charge on any atom is 0.149 e. The van der Waals surface area contributed by atoms with Crippen LogP contribution in [0.15, 0.2) is 16.6 Å². The van der Waals surface area contributed by atoms with E-state index in [1.807, 2.05) is 0 Å². The molecule has 1 N–H and O–H groups in total. The van der Waals surface area contributed by atoms with E-state index >= 15 is 0 Å². The summed E-state index contributed by atoms with van der Waals surface area (Å²) in [6, 6.07) is 3.08. The van der Waals surface area contributed by atoms with Gasteiger partial charge in [0.2, 0.25) is 0 Å². The summed E-state index contributed by atoms with van der Waals surface area (Å²) in [6.07, 6.45) is 1.31. The van der Waals surface area contributed by atoms with E-state index in [-0.39, 0.29) is 17.0 Å². The van der Waals surface area contributed by atoms with Crippen LogP contribution in [-0.2, 0) is 5.67 Å². The van der Waals surface area contributed by atoms with E-state index < -0.39 is 11.5 Å². The molecule has 0 aliphatic carbocycles. The standard InChI is InChI=1S/C12H13BrClF2N/c13-9-3-2-8(11(15)10(9)14)12(16)4-1-6-17-7-5-12/h2-3,17H,1,4-7H2. The Labute approximate surface area is 113 Å². The Kier molecular flexibility index (Phi) is 4.06. The molecule has 94 valence electrons. The van der Waals surface area contributed by atoms with E-state index in [1.54, 1.807) is 6.07 Å². The van der Waals surface area contributed by atoms with E-state index in [2.05, 4.69) is 21.2 Å². The molecule has 1 aromatic rings. The van der Waals surface area contributed by atoms with Gasteiger partial charge in [0.25, 0.3) is 0 Å². The van der Waals surface area contributed by atoms with Crippen LogP contribution < -0.4 is 5.32 Å². The van der Waals surface area contributed by atoms with Gasteiger partial charge in [-0.25, -0.2) is 8.78 Å². The van der Waals surface area contributed by atoms with E-state index in [0.717, 1.165) is 6.54 Å². The highest BCUT2D eigenvalue weighted by molar-refractivity contribution is 9.10. The van der Waals surface area contributed by atoms with Crippen molar-refractivity contribution in [3.05, 3.63) is 33.0 Å². The molecule has 1 aliphatic rings. The third-order valence-electron chi connectivity index (χ3n) is 3.14. The molecule has 17 heavy (non-hydrogen) atoms. The summed E-state index contributed by atoms with van der Waals surface area (Å²) in [5.74, 6) is -0.648. The van der Waals surface area contributed by atoms with Gasteiger partial charge in [-0.05, 0) is 54.3 Å². The highest BCUT2D eigenvalue weighted by Crippen LogP contribution is 2.40. The molecule has 1 heterocycles. The second-order valence-corrected chi connectivity index (χ2v) is 5.52. The molecule has 1 atom stereocenters. The van der Waals surface area contributed by atoms with Crippen molar-refractivity contribution in [1.82, 2.24) is 5.32 Å². The highest BCUT2D eigenvalue weighted by Gasteiger charge is 2.35. The fraction of sp³-hybridized carbons (Fsp3) is 0.500. The van der Waals surface area contributed by atoms with Crippen molar-refractivity contribution in [2.24, 2.45) is 0 Å². The van der Waals surface area contributed by atoms with Crippen LogP contribution in [0.4, 0.5) is 8.78 Å². The second-order valence-electron chi connectivity index (χ2n) is 4.29. The Balaban J connectivity index is 2.41. The molecule has 0 radical (unpaired) electrons. The first-order valence-electron chi connectivity index (χ1n) is 5.58. The number of rotatable bonds is 1. The van der Waals surface area contributed by atoms with Gasteiger partial charge in [0.15, 0.2) is 0 Å². The summed E-state index contributed by atoms with van der Waals surface area (Å²) in [4.78, 5) is 0. The molecule has 0 bridgehead atoms. The van der Waals surface area contributed by atoms with Gasteiger partial charge in [-0.1, -0.05) is 17.7 Å². The summed E-state index contributed by atoms with van der Waals surface area (Å²) in [5, 5.41) is 3.07. The van der Waals surface area contributed by atoms with Crippen molar-refractivity contribution >= 4 is 27.5 Å². The molecule has 1 aromatic carbocycles. The van der Waals surface area contributed by atoms with Gasteiger partial charge in [-0.2, -0.15) is 0 Å². The van der Waals surface area contributed by atoms with Crippen LogP contribution in [0.1, 0.15) is 24.8 Å². The normalized spacial score (nSPS) is 25.6. The summed E-state index contributed by atoms with van der Waals surface area (Å²) in [7, 11) is 0. The fourth-order valence-corrected chi connectivity index (χ4v) is 2.64. The van der Waals surface area contributed by atoms with Crippen LogP contribution in [0.5, 0.6) is 0 Å². The highest BCUT2D eigenvalue weighted by atomic mass is 79.9. The maximum atomic E-state index is 14.8. The zero-order chi connectivity index (χ0) is 12.5. The monoisotopic (exact) mass is 323 g/mol. The molecule has 2 rings (SSSR count). The lowest BCUT2D eigenvalue weighted by Crippen LogP contribution is -2.23. The van der Waals surface area contributed by atoms with Crippen LogP contribution in [0, 0.1) is 5.82 Å². The summed E-state index contributed by atoms with van der Waals surface area (Å²) >= 11 is 8.93. The van der Waals surface area contributed by atoms with Crippen molar-refractivity contribution in [3.63, 3.8) is 0 Å². The smallest absolute Gasteiger partial charge is 0.149 e. The Morgan fingerprint density at radius 1 is 1.29 bits per heavy atom. The van der Waals surface area contributed by atoms with Crippen molar-refractivity contribution < 1.29 is 8.78 Å². The second kappa shape index (κ2) is 5.21. The molecule has 1 fully saturated rings. The SMILES string of the molecule is Fc1c(C2(F)CCCNCC2)ccc(Br)c1Cl. The van der Waals surface area contributed by atoms with Gasteiger partial charge in [0, 0.05) is 10.0 Å². The maximum absolute atomic E-state index is 14.8. The minimum atomic E-state index is -1.61. The molecule has 0 spiro atoms. The van der Waals surface area contributed by atoms with E-state index in [9.17, 15) is 8.78 Å². The summed E-state index contributed by atoms with van der Waals surface area (Å²) < 4.78 is 29.2. The van der Waals surface area contributed by atoms with Gasteiger partial charge in [0.05, 0.1) is 5.02 Å². The van der Waals surface area contributed by atoms with Crippen molar-refractivity contribution in [2.45, 2.75) is 24.9 Å². The lowest BCUT2D eigenvalue weighted by Gasteiger charge is -2.24. The molecule has 0 aromatic heterocycles. The average Bonchev–Trinajstić information content (AvgIpc) is 2.52. The van der Waals surface area contributed by atoms with Gasteiger partial charge < -0.3 is 5.32 Å². The third-order valence-corrected chi connectivity index (χ3v) is 4.40. The van der Waals surface area contributed by atoms with Crippen LogP contribution in [0.2, 0.25) is 5.02 Å². The first-order chi connectivity index (χ1) is 8.04. The molecule has 0 saturated carbocycles. The molecular formula is C12H13BrClF2N. The van der Waals surface area contributed by atoms with Crippen molar-refractivity contribution in [3.8, 4) is 0 Å². The largest absolute Gasteiger partial charge is 0.317 e. The van der Waals surface area contributed by atoms with E-state index in [4.69, 9.17) is 11.6 Å². The summed E-state index contributed by atoms with van der Waals surface area (Å²) in [5.41, 5.74) is -1.54. The summed E-state index contributed by atoms with van der Waals surface area (Å²) in [6.45, 7) is 1.33. The third kappa shape index (κ3) is 2.64. The molecular weight excluding hydrogens is 311 g/mol. The van der Waals surface area contributed by atoms with E-state index in [1.165, 1.54) is 6.07 Å². The van der Waals surface area contributed by atoms with Crippen LogP contribution in [-0.4, -0.2) is 13.1 Å². The van der Waals surface area contributed by atoms with Crippen LogP contribution in [0.25, 0.3) is 0 Å². The number of halogens is 4. The van der Waals surface area contributed by atoms with Crippen molar-refractivity contribution in [1.29, 1.82) is 0 Å². The van der Waals surface area contributed by atoms with Gasteiger partial charge >= 0.3 is 0 Å². The predicted molar refractivity (Wildman–Crippen MR) is 68.6 cm³/mol. The Bertz CT molecular complexity index is 417. The Morgan fingerprint density at radius 2 is 2.06 bits per heavy atom. The Morgan fingerprint density at radius 3 is 2.82 bits per heavy atom. The average molecular weight is 325 g/mol. The van der Waals surface area contributed by atoms with Crippen LogP contribution >= 0.6 is 27.5 Å². The zero-order valence-corrected chi connectivity index (χ0v) is 11.5. The molecule has 1 saturated heterocycles. The van der Waals surface area contributed by atoms with Gasteiger partial charge in [-0.15, -0.1) is 0 Å². The lowest BCUT2D eigenvalue weighted by atomic mass is 9.88. The number of hydrogen-bond donors (Lipinski definition) is 1. The number of hydrogen-bond acceptors (Lipinski definition) is 1. The zero-order valence-electron chi connectivity index (χ0n) is 9.20. The number of alkyl halides is 1. The fourth-order valence-electron chi connectivity index (χ4n) is 2.17. The quantitative estimate of drug-likeness (QED) is 0.764. The first kappa shape index (κ1) is 13.2. The van der Waals surface area contributed by atoms with Gasteiger partial charge in [-0.3, -0.25) is 0 Å². The molecule has 1 unspecified atom stereocenters. The minimum absolute atomic E-state index is 0.0447. The molecule has 5 heteroatoms. The first-order valence-corrected chi connectivity index (χ1v) is 6.75. The van der Waals surface area contributed by atoms with Gasteiger partial charge in [0.1, 0.15) is 11.5 Å². The van der Waals surface area contributed by atoms with Crippen LogP contribution in [0.3, 0.4) is 0 Å². The molecule has 0 amide bonds.